The van der Waals surface area contributed by atoms with Crippen molar-refractivity contribution in [1.29, 1.82) is 0 Å². The van der Waals surface area contributed by atoms with Crippen molar-refractivity contribution < 1.29 is 10.0 Å². The number of hydroxylamine groups is 1. The minimum atomic E-state index is -0.531. The van der Waals surface area contributed by atoms with Crippen LogP contribution in [0.2, 0.25) is 0 Å². The van der Waals surface area contributed by atoms with E-state index in [1.165, 1.54) is 39.2 Å². The van der Waals surface area contributed by atoms with E-state index in [0.29, 0.717) is 6.04 Å². The molecule has 6 rings (SSSR count). The summed E-state index contributed by atoms with van der Waals surface area (Å²) in [6, 6.07) is 21.7. The van der Waals surface area contributed by atoms with Crippen LogP contribution in [0.4, 0.5) is 0 Å². The summed E-state index contributed by atoms with van der Waals surface area (Å²) in [5, 5.41) is 10.0. The molecule has 1 atom stereocenters. The van der Waals surface area contributed by atoms with Crippen LogP contribution in [0.1, 0.15) is 40.3 Å². The van der Waals surface area contributed by atoms with Crippen molar-refractivity contribution in [1.82, 2.24) is 25.3 Å². The maximum absolute atomic E-state index is 11.4. The van der Waals surface area contributed by atoms with Crippen molar-refractivity contribution in [2.24, 2.45) is 0 Å². The summed E-state index contributed by atoms with van der Waals surface area (Å²) in [5.74, 6) is -0.531. The molecule has 2 heterocycles. The van der Waals surface area contributed by atoms with Crippen LogP contribution < -0.4 is 5.48 Å². The highest BCUT2D eigenvalue weighted by molar-refractivity contribution is 5.90. The fourth-order valence-electron chi connectivity index (χ4n) is 5.57. The van der Waals surface area contributed by atoms with Crippen LogP contribution in [0.5, 0.6) is 0 Å². The van der Waals surface area contributed by atoms with Gasteiger partial charge in [0.2, 0.25) is 0 Å². The molecule has 7 heteroatoms. The van der Waals surface area contributed by atoms with Gasteiger partial charge in [-0.05, 0) is 71.4 Å². The molecule has 3 aromatic carbocycles. The van der Waals surface area contributed by atoms with Gasteiger partial charge in [-0.2, -0.15) is 0 Å². The van der Waals surface area contributed by atoms with Gasteiger partial charge in [0.1, 0.15) is 0 Å². The fraction of sp³-hybridized carbons (Fsp3) is 0.200. The first-order valence-corrected chi connectivity index (χ1v) is 12.6. The monoisotopic (exact) mass is 491 g/mol. The van der Waals surface area contributed by atoms with Gasteiger partial charge >= 0.3 is 0 Å². The summed E-state index contributed by atoms with van der Waals surface area (Å²) in [7, 11) is 0. The molecule has 7 nitrogen and oxygen atoms in total. The topological polar surface area (TPSA) is 97.0 Å². The van der Waals surface area contributed by atoms with Crippen molar-refractivity contribution in [2.75, 3.05) is 6.54 Å². The number of aromatic amines is 2. The van der Waals surface area contributed by atoms with Crippen LogP contribution >= 0.6 is 0 Å². The van der Waals surface area contributed by atoms with E-state index < -0.39 is 5.91 Å². The maximum atomic E-state index is 11.4. The van der Waals surface area contributed by atoms with E-state index in [4.69, 9.17) is 5.21 Å². The Morgan fingerprint density at radius 3 is 2.95 bits per heavy atom. The van der Waals surface area contributed by atoms with Crippen molar-refractivity contribution in [2.45, 2.75) is 31.8 Å². The summed E-state index contributed by atoms with van der Waals surface area (Å²) in [4.78, 5) is 25.0. The average Bonchev–Trinajstić information content (AvgIpc) is 3.67. The Kier molecular flexibility index (Phi) is 6.30. The molecule has 4 N–H and O–H groups in total. The van der Waals surface area contributed by atoms with Gasteiger partial charge in [0.15, 0.2) is 0 Å². The van der Waals surface area contributed by atoms with Gasteiger partial charge in [-0.15, -0.1) is 0 Å². The van der Waals surface area contributed by atoms with Crippen LogP contribution in [-0.2, 0) is 24.2 Å². The van der Waals surface area contributed by atoms with Gasteiger partial charge in [0.05, 0.1) is 17.4 Å². The number of nitrogens with one attached hydrogen (secondary N) is 3. The summed E-state index contributed by atoms with van der Waals surface area (Å²) in [5.41, 5.74) is 11.1. The molecule has 1 aliphatic rings. The van der Waals surface area contributed by atoms with Crippen LogP contribution in [0.25, 0.3) is 28.0 Å². The Hall–Kier alpha value is -4.20. The molecule has 1 amide bonds. The molecule has 5 aromatic rings. The Balaban J connectivity index is 1.28. The third kappa shape index (κ3) is 4.79. The Morgan fingerprint density at radius 1 is 1.11 bits per heavy atom. The molecular formula is C30H29N5O2. The quantitative estimate of drug-likeness (QED) is 0.135. The number of nitrogens with zero attached hydrogens (tertiary/aromatic N) is 2. The number of rotatable bonds is 8. The lowest BCUT2D eigenvalue weighted by atomic mass is 10.0. The zero-order valence-electron chi connectivity index (χ0n) is 20.4. The van der Waals surface area contributed by atoms with Crippen LogP contribution in [0.3, 0.4) is 0 Å². The molecule has 0 saturated heterocycles. The van der Waals surface area contributed by atoms with Crippen LogP contribution in [-0.4, -0.2) is 37.5 Å². The highest BCUT2D eigenvalue weighted by Gasteiger charge is 2.28. The number of aromatic nitrogens is 3. The number of H-pyrrole nitrogens is 2. The molecule has 1 unspecified atom stereocenters. The fourth-order valence-corrected chi connectivity index (χ4v) is 5.57. The Labute approximate surface area is 214 Å². The van der Waals surface area contributed by atoms with Crippen molar-refractivity contribution in [3.05, 3.63) is 107 Å². The number of carbonyl (C=O) groups is 1. The predicted octanol–water partition coefficient (Wildman–Crippen LogP) is 5.30. The predicted molar refractivity (Wildman–Crippen MR) is 145 cm³/mol. The molecule has 0 bridgehead atoms. The van der Waals surface area contributed by atoms with E-state index >= 15 is 0 Å². The minimum Gasteiger partial charge on any atom is -0.361 e. The molecule has 0 radical (unpaired) electrons. The number of carbonyl (C=O) groups excluding carboxylic acids is 1. The van der Waals surface area contributed by atoms with Crippen molar-refractivity contribution in [3.8, 4) is 0 Å². The lowest BCUT2D eigenvalue weighted by Crippen LogP contribution is -2.29. The SMILES string of the molecule is O=C(/C=C/c1ccc2c(c1)CCC2N(CCc1c[nH]c2ccccc12)Cc1ccc2nc[nH]c2c1)NO. The van der Waals surface area contributed by atoms with Gasteiger partial charge in [0.25, 0.3) is 5.91 Å². The lowest BCUT2D eigenvalue weighted by Gasteiger charge is -2.30. The van der Waals surface area contributed by atoms with Crippen LogP contribution in [0, 0.1) is 0 Å². The van der Waals surface area contributed by atoms with E-state index in [-0.39, 0.29) is 0 Å². The zero-order valence-corrected chi connectivity index (χ0v) is 20.4. The minimum absolute atomic E-state index is 0.316. The third-order valence-electron chi connectivity index (χ3n) is 7.40. The van der Waals surface area contributed by atoms with Crippen LogP contribution in [0.15, 0.2) is 79.3 Å². The van der Waals surface area contributed by atoms with E-state index in [1.807, 2.05) is 6.07 Å². The van der Waals surface area contributed by atoms with Gasteiger partial charge in [0, 0.05) is 42.3 Å². The molecule has 0 saturated carbocycles. The van der Waals surface area contributed by atoms with Gasteiger partial charge in [-0.3, -0.25) is 14.9 Å². The molecule has 1 aliphatic carbocycles. The number of fused-ring (bicyclic) bond motifs is 3. The number of hydrogen-bond donors (Lipinski definition) is 4. The smallest absolute Gasteiger partial charge is 0.267 e. The first-order chi connectivity index (χ1) is 18.2. The first-order valence-electron chi connectivity index (χ1n) is 12.6. The summed E-state index contributed by atoms with van der Waals surface area (Å²) in [6.07, 6.45) is 9.97. The van der Waals surface area contributed by atoms with Gasteiger partial charge in [-0.1, -0.05) is 42.5 Å². The molecule has 0 fully saturated rings. The Morgan fingerprint density at radius 2 is 2.03 bits per heavy atom. The largest absolute Gasteiger partial charge is 0.361 e. The number of aryl methyl sites for hydroxylation is 1. The number of hydrogen-bond acceptors (Lipinski definition) is 4. The van der Waals surface area contributed by atoms with Crippen molar-refractivity contribution in [3.63, 3.8) is 0 Å². The average molecular weight is 492 g/mol. The normalized spacial score (nSPS) is 15.2. The second-order valence-corrected chi connectivity index (χ2v) is 9.66. The van der Waals surface area contributed by atoms with Gasteiger partial charge in [-0.25, -0.2) is 10.5 Å². The number of amides is 1. The van der Waals surface area contributed by atoms with E-state index in [2.05, 4.69) is 80.6 Å². The number of imidazole rings is 1. The number of benzene rings is 3. The molecule has 37 heavy (non-hydrogen) atoms. The molecule has 2 aromatic heterocycles. The lowest BCUT2D eigenvalue weighted by molar-refractivity contribution is -0.124. The molecule has 186 valence electrons. The second kappa shape index (κ2) is 10.0. The van der Waals surface area contributed by atoms with Gasteiger partial charge < -0.3 is 9.97 Å². The summed E-state index contributed by atoms with van der Waals surface area (Å²) in [6.45, 7) is 1.78. The molecule has 0 aliphatic heterocycles. The Bertz CT molecular complexity index is 1600. The summed E-state index contributed by atoms with van der Waals surface area (Å²) < 4.78 is 0. The highest BCUT2D eigenvalue weighted by Crippen LogP contribution is 2.37. The van der Waals surface area contributed by atoms with Crippen molar-refractivity contribution >= 4 is 33.9 Å². The maximum Gasteiger partial charge on any atom is 0.267 e. The number of para-hydroxylation sites is 1. The van der Waals surface area contributed by atoms with E-state index in [0.717, 1.165) is 48.9 Å². The third-order valence-corrected chi connectivity index (χ3v) is 7.40. The highest BCUT2D eigenvalue weighted by atomic mass is 16.5. The molecule has 0 spiro atoms. The molecular weight excluding hydrogens is 462 g/mol. The first kappa shape index (κ1) is 23.2. The zero-order chi connectivity index (χ0) is 25.2. The van der Waals surface area contributed by atoms with E-state index in [9.17, 15) is 4.79 Å². The second-order valence-electron chi connectivity index (χ2n) is 9.66. The van der Waals surface area contributed by atoms with E-state index in [1.54, 1.807) is 17.9 Å². The summed E-state index contributed by atoms with van der Waals surface area (Å²) >= 11 is 0. The standard InChI is InChI=1S/C30H29N5O2/c36-30(34-37)12-7-20-5-9-25-22(15-20)8-11-29(25)35(18-21-6-10-27-28(16-21)33-19-32-27)14-13-23-17-31-26-4-2-1-3-24(23)26/h1-7,9-10,12,15-17,19,29,31,37H,8,11,13-14,18H2,(H,32,33)(H,34,36)/b12-7+.